The van der Waals surface area contributed by atoms with Gasteiger partial charge in [0.15, 0.2) is 5.78 Å². The molecule has 0 unspecified atom stereocenters. The molecule has 3 rings (SSSR count). The molecule has 28 heavy (non-hydrogen) atoms. The van der Waals surface area contributed by atoms with E-state index < -0.39 is 5.97 Å². The van der Waals surface area contributed by atoms with E-state index in [0.29, 0.717) is 34.9 Å². The van der Waals surface area contributed by atoms with E-state index in [1.807, 2.05) is 38.1 Å². The molecule has 0 saturated heterocycles. The summed E-state index contributed by atoms with van der Waals surface area (Å²) in [6.45, 7) is 9.28. The molecule has 1 atom stereocenters. The average Bonchev–Trinajstić information content (AvgIpc) is 2.95. The second-order valence-corrected chi connectivity index (χ2v) is 7.89. The summed E-state index contributed by atoms with van der Waals surface area (Å²) in [6, 6.07) is 7.75. The van der Waals surface area contributed by atoms with Crippen molar-refractivity contribution >= 4 is 34.4 Å². The number of carbonyl (C=O) groups excluding carboxylic acids is 2. The second-order valence-electron chi connectivity index (χ2n) is 6.56. The number of hydrogen-bond donors (Lipinski definition) is 1. The largest absolute Gasteiger partial charge is 0.462 e. The molecule has 0 radical (unpaired) electrons. The molecule has 0 bridgehead atoms. The van der Waals surface area contributed by atoms with Gasteiger partial charge in [0.05, 0.1) is 28.6 Å². The number of aromatic nitrogens is 3. The zero-order valence-electron chi connectivity index (χ0n) is 16.6. The zero-order chi connectivity index (χ0) is 20.4. The Kier molecular flexibility index (Phi) is 5.84. The van der Waals surface area contributed by atoms with E-state index >= 15 is 0 Å². The highest BCUT2D eigenvalue weighted by atomic mass is 32.2. The van der Waals surface area contributed by atoms with Crippen LogP contribution in [-0.4, -0.2) is 38.6 Å². The van der Waals surface area contributed by atoms with Crippen LogP contribution in [0.5, 0.6) is 0 Å². The predicted octanol–water partition coefficient (Wildman–Crippen LogP) is 4.42. The van der Waals surface area contributed by atoms with Crippen LogP contribution in [-0.2, 0) is 4.74 Å². The number of ether oxygens (including phenoxy) is 1. The first-order valence-electron chi connectivity index (χ1n) is 9.14. The van der Waals surface area contributed by atoms with Gasteiger partial charge in [-0.2, -0.15) is 0 Å². The Balaban J connectivity index is 1.91. The second kappa shape index (κ2) is 8.14. The van der Waals surface area contributed by atoms with Crippen molar-refractivity contribution < 1.29 is 14.3 Å². The third-order valence-corrected chi connectivity index (χ3v) is 5.60. The lowest BCUT2D eigenvalue weighted by molar-refractivity contribution is 0.0525. The summed E-state index contributed by atoms with van der Waals surface area (Å²) < 4.78 is 5.11. The van der Waals surface area contributed by atoms with Crippen LogP contribution in [0.4, 0.5) is 0 Å². The van der Waals surface area contributed by atoms with Gasteiger partial charge in [0, 0.05) is 11.1 Å². The SMILES string of the molecule is CCOC(=O)c1c(C)[nH]c(C(=O)[C@H](C)Sc2nc(C)nc3ccccc23)c1C. The van der Waals surface area contributed by atoms with Crippen molar-refractivity contribution in [2.75, 3.05) is 6.61 Å². The molecule has 0 aliphatic heterocycles. The minimum absolute atomic E-state index is 0.0819. The minimum Gasteiger partial charge on any atom is -0.462 e. The number of H-pyrrole nitrogens is 1. The number of nitrogens with zero attached hydrogens (tertiary/aromatic N) is 2. The summed E-state index contributed by atoms with van der Waals surface area (Å²) in [5.74, 6) is 0.171. The Labute approximate surface area is 168 Å². The topological polar surface area (TPSA) is 84.9 Å². The first kappa shape index (κ1) is 20.1. The van der Waals surface area contributed by atoms with E-state index in [0.717, 1.165) is 15.9 Å². The smallest absolute Gasteiger partial charge is 0.340 e. The number of fused-ring (bicyclic) bond motifs is 1. The highest BCUT2D eigenvalue weighted by Crippen LogP contribution is 2.31. The molecule has 0 spiro atoms. The molecule has 2 aromatic heterocycles. The van der Waals surface area contributed by atoms with E-state index in [1.54, 1.807) is 20.8 Å². The molecule has 1 N–H and O–H groups in total. The molecule has 7 heteroatoms. The molecule has 6 nitrogen and oxygen atoms in total. The lowest BCUT2D eigenvalue weighted by Gasteiger charge is -2.12. The summed E-state index contributed by atoms with van der Waals surface area (Å²) in [5.41, 5.74) is 2.99. The summed E-state index contributed by atoms with van der Waals surface area (Å²) in [7, 11) is 0. The average molecular weight is 398 g/mol. The quantitative estimate of drug-likeness (QED) is 0.287. The normalized spacial score (nSPS) is 12.2. The fourth-order valence-corrected chi connectivity index (χ4v) is 4.22. The maximum absolute atomic E-state index is 13.1. The number of thioether (sulfide) groups is 1. The molecule has 146 valence electrons. The van der Waals surface area contributed by atoms with Gasteiger partial charge in [-0.1, -0.05) is 30.0 Å². The van der Waals surface area contributed by atoms with Crippen LogP contribution in [0.15, 0.2) is 29.3 Å². The monoisotopic (exact) mass is 397 g/mol. The number of rotatable bonds is 6. The summed E-state index contributed by atoms with van der Waals surface area (Å²) in [5, 5.41) is 1.31. The lowest BCUT2D eigenvalue weighted by Crippen LogP contribution is -2.16. The number of aromatic amines is 1. The Morgan fingerprint density at radius 2 is 1.89 bits per heavy atom. The van der Waals surface area contributed by atoms with Crippen molar-refractivity contribution in [2.24, 2.45) is 0 Å². The van der Waals surface area contributed by atoms with Crippen molar-refractivity contribution in [3.63, 3.8) is 0 Å². The number of esters is 1. The molecule has 0 aliphatic carbocycles. The maximum atomic E-state index is 13.1. The number of hydrogen-bond acceptors (Lipinski definition) is 6. The van der Waals surface area contributed by atoms with Gasteiger partial charge in [-0.15, -0.1) is 0 Å². The number of benzene rings is 1. The van der Waals surface area contributed by atoms with E-state index in [-0.39, 0.29) is 11.0 Å². The van der Waals surface area contributed by atoms with Crippen molar-refractivity contribution in [1.82, 2.24) is 15.0 Å². The number of carbonyl (C=O) groups is 2. The fraction of sp³-hybridized carbons (Fsp3) is 0.333. The van der Waals surface area contributed by atoms with E-state index in [1.165, 1.54) is 11.8 Å². The summed E-state index contributed by atoms with van der Waals surface area (Å²) in [4.78, 5) is 37.3. The fourth-order valence-electron chi connectivity index (χ4n) is 3.18. The van der Waals surface area contributed by atoms with Gasteiger partial charge in [0.2, 0.25) is 0 Å². The molecule has 3 aromatic rings. The Bertz CT molecular complexity index is 1060. The Morgan fingerprint density at radius 1 is 1.18 bits per heavy atom. The van der Waals surface area contributed by atoms with Gasteiger partial charge < -0.3 is 9.72 Å². The van der Waals surface area contributed by atoms with Crippen LogP contribution < -0.4 is 0 Å². The molecular formula is C21H23N3O3S. The lowest BCUT2D eigenvalue weighted by atomic mass is 10.1. The third-order valence-electron chi connectivity index (χ3n) is 4.50. The molecule has 1 aromatic carbocycles. The van der Waals surface area contributed by atoms with Crippen LogP contribution in [0, 0.1) is 20.8 Å². The van der Waals surface area contributed by atoms with Gasteiger partial charge in [-0.25, -0.2) is 14.8 Å². The van der Waals surface area contributed by atoms with Crippen LogP contribution in [0.1, 0.15) is 51.8 Å². The van der Waals surface area contributed by atoms with Gasteiger partial charge >= 0.3 is 5.97 Å². The Morgan fingerprint density at radius 3 is 2.61 bits per heavy atom. The van der Waals surface area contributed by atoms with Crippen LogP contribution >= 0.6 is 11.8 Å². The molecule has 0 fully saturated rings. The molecule has 0 amide bonds. The highest BCUT2D eigenvalue weighted by Gasteiger charge is 2.26. The molecule has 0 saturated carbocycles. The van der Waals surface area contributed by atoms with E-state index in [2.05, 4.69) is 15.0 Å². The van der Waals surface area contributed by atoms with Crippen molar-refractivity contribution in [2.45, 2.75) is 44.9 Å². The number of Topliss-reactive ketones (excluding diaryl/α,β-unsaturated/α-hetero) is 1. The zero-order valence-corrected chi connectivity index (χ0v) is 17.4. The maximum Gasteiger partial charge on any atom is 0.340 e. The number of para-hydroxylation sites is 1. The van der Waals surface area contributed by atoms with Crippen molar-refractivity contribution in [3.05, 3.63) is 52.6 Å². The Hall–Kier alpha value is -2.67. The first-order valence-corrected chi connectivity index (χ1v) is 10.0. The van der Waals surface area contributed by atoms with E-state index in [9.17, 15) is 9.59 Å². The van der Waals surface area contributed by atoms with Crippen molar-refractivity contribution in [1.29, 1.82) is 0 Å². The molecule has 0 aliphatic rings. The predicted molar refractivity (Wildman–Crippen MR) is 110 cm³/mol. The molecule has 2 heterocycles. The van der Waals surface area contributed by atoms with Crippen molar-refractivity contribution in [3.8, 4) is 0 Å². The van der Waals surface area contributed by atoms with Crippen LogP contribution in [0.2, 0.25) is 0 Å². The number of ketones is 1. The first-order chi connectivity index (χ1) is 13.3. The van der Waals surface area contributed by atoms with Gasteiger partial charge in [-0.05, 0) is 46.2 Å². The van der Waals surface area contributed by atoms with Crippen LogP contribution in [0.25, 0.3) is 10.9 Å². The standard InChI is InChI=1S/C21H23N3O3S/c1-6-27-21(26)17-11(2)18(22-12(17)3)19(25)13(4)28-20-15-9-7-8-10-16(15)23-14(5)24-20/h7-10,13,22H,6H2,1-5H3/t13-/m0/s1. The van der Waals surface area contributed by atoms with Crippen LogP contribution in [0.3, 0.4) is 0 Å². The van der Waals surface area contributed by atoms with Gasteiger partial charge in [-0.3, -0.25) is 4.79 Å². The van der Waals surface area contributed by atoms with E-state index in [4.69, 9.17) is 4.74 Å². The summed E-state index contributed by atoms with van der Waals surface area (Å²) >= 11 is 1.40. The summed E-state index contributed by atoms with van der Waals surface area (Å²) in [6.07, 6.45) is 0. The van der Waals surface area contributed by atoms with Gasteiger partial charge in [0.1, 0.15) is 10.9 Å². The minimum atomic E-state index is -0.412. The number of nitrogens with one attached hydrogen (secondary N) is 1. The highest BCUT2D eigenvalue weighted by molar-refractivity contribution is 8.00. The number of aryl methyl sites for hydroxylation is 2. The van der Waals surface area contributed by atoms with Gasteiger partial charge in [0.25, 0.3) is 0 Å². The third kappa shape index (κ3) is 3.80. The molecular weight excluding hydrogens is 374 g/mol.